The molecule has 0 aromatic carbocycles. The van der Waals surface area contributed by atoms with E-state index in [-0.39, 0.29) is 37.7 Å². The number of amides is 2. The van der Waals surface area contributed by atoms with Crippen LogP contribution >= 0.6 is 15.9 Å². The Kier molecular flexibility index (Phi) is 12.8. The molecule has 43 heavy (non-hydrogen) atoms. The van der Waals surface area contributed by atoms with E-state index in [0.29, 0.717) is 19.4 Å². The van der Waals surface area contributed by atoms with E-state index in [1.54, 1.807) is 13.8 Å². The van der Waals surface area contributed by atoms with Crippen LogP contribution < -0.4 is 0 Å². The molecule has 0 aromatic heterocycles. The predicted octanol–water partition coefficient (Wildman–Crippen LogP) is 5.54. The van der Waals surface area contributed by atoms with E-state index in [0.717, 1.165) is 17.1 Å². The van der Waals surface area contributed by atoms with E-state index in [2.05, 4.69) is 15.9 Å². The summed E-state index contributed by atoms with van der Waals surface area (Å²) in [6.45, 7) is 22.7. The largest absolute Gasteiger partial charge is 0.462 e. The fourth-order valence-corrected chi connectivity index (χ4v) is 4.62. The molecular weight excluding hydrogens is 622 g/mol. The number of esters is 3. The summed E-state index contributed by atoms with van der Waals surface area (Å²) in [7, 11) is 0. The summed E-state index contributed by atoms with van der Waals surface area (Å²) >= 11 is 3.72. The van der Waals surface area contributed by atoms with Crippen LogP contribution in [0.5, 0.6) is 0 Å². The molecule has 1 atom stereocenters. The molecule has 0 N–H and O–H groups in total. The summed E-state index contributed by atoms with van der Waals surface area (Å²) in [6, 6.07) is 0. The second-order valence-electron chi connectivity index (χ2n) is 14.6. The first kappa shape index (κ1) is 38.8. The second-order valence-corrected chi connectivity index (χ2v) is 16.6. The van der Waals surface area contributed by atoms with Crippen LogP contribution in [0.15, 0.2) is 12.2 Å². The molecule has 0 aliphatic carbocycles. The lowest BCUT2D eigenvalue weighted by Gasteiger charge is -2.48. The number of imide groups is 1. The number of nitrogens with zero attached hydrogens (tertiary/aromatic N) is 1. The number of rotatable bonds is 16. The minimum Gasteiger partial charge on any atom is -0.462 e. The number of ether oxygens (including phenoxy) is 4. The maximum absolute atomic E-state index is 13.8. The third-order valence-corrected chi connectivity index (χ3v) is 9.26. The minimum atomic E-state index is -1.03. The maximum atomic E-state index is 13.8. The molecule has 2 amide bonds. The molecule has 1 heterocycles. The highest BCUT2D eigenvalue weighted by Crippen LogP contribution is 2.53. The normalized spacial score (nSPS) is 16.3. The van der Waals surface area contributed by atoms with Gasteiger partial charge >= 0.3 is 17.9 Å². The van der Waals surface area contributed by atoms with Crippen molar-refractivity contribution in [2.24, 2.45) is 16.2 Å². The summed E-state index contributed by atoms with van der Waals surface area (Å²) in [4.78, 5) is 63.3. The van der Waals surface area contributed by atoms with E-state index in [1.165, 1.54) is 0 Å². The first-order valence-electron chi connectivity index (χ1n) is 14.7. The van der Waals surface area contributed by atoms with Crippen molar-refractivity contribution >= 4 is 45.7 Å². The van der Waals surface area contributed by atoms with Gasteiger partial charge in [0.05, 0.1) is 29.5 Å². The average molecular weight is 675 g/mol. The van der Waals surface area contributed by atoms with Gasteiger partial charge in [-0.1, -0.05) is 29.8 Å². The lowest BCUT2D eigenvalue weighted by atomic mass is 9.58. The Hall–Kier alpha value is -2.27. The third kappa shape index (κ3) is 11.0. The zero-order valence-corrected chi connectivity index (χ0v) is 29.7. The van der Waals surface area contributed by atoms with Crippen molar-refractivity contribution in [3.05, 3.63) is 12.2 Å². The number of hydrogen-bond acceptors (Lipinski definition) is 9. The maximum Gasteiger partial charge on any atom is 0.313 e. The van der Waals surface area contributed by atoms with Gasteiger partial charge in [0, 0.05) is 29.4 Å². The molecule has 246 valence electrons. The summed E-state index contributed by atoms with van der Waals surface area (Å²) in [5.74, 6) is -2.45. The Bertz CT molecular complexity index is 1060. The van der Waals surface area contributed by atoms with Gasteiger partial charge in [-0.2, -0.15) is 0 Å². The van der Waals surface area contributed by atoms with Gasteiger partial charge in [-0.25, -0.2) is 0 Å². The van der Waals surface area contributed by atoms with Crippen LogP contribution in [0.1, 0.15) is 102 Å². The summed E-state index contributed by atoms with van der Waals surface area (Å²) in [6.07, 6.45) is 2.94. The zero-order valence-electron chi connectivity index (χ0n) is 28.1. The first-order chi connectivity index (χ1) is 19.3. The van der Waals surface area contributed by atoms with Crippen molar-refractivity contribution < 1.29 is 42.9 Å². The highest BCUT2D eigenvalue weighted by molar-refractivity contribution is 9.10. The molecule has 1 aliphatic heterocycles. The fraction of sp³-hybridized carbons (Fsp3) is 0.781. The standard InChI is InChI=1S/C32H52BrNO9/c1-27(2,3)42-18-16-29(6,7)43-26(39)32(12,31(10,11)33)21-28(4,5)30(8,9)25(38)41-20-19-40-24(37)15-17-34-22(35)13-14-23(34)36/h13-14H,15-21H2,1-12H3. The van der Waals surface area contributed by atoms with Gasteiger partial charge in [0.15, 0.2) is 0 Å². The van der Waals surface area contributed by atoms with Crippen LogP contribution in [0.4, 0.5) is 0 Å². The molecule has 0 saturated heterocycles. The van der Waals surface area contributed by atoms with E-state index in [1.807, 2.05) is 69.2 Å². The summed E-state index contributed by atoms with van der Waals surface area (Å²) in [5, 5.41) is 0. The molecule has 1 unspecified atom stereocenters. The molecule has 0 aromatic rings. The number of alkyl halides is 1. The molecule has 0 spiro atoms. The fourth-order valence-electron chi connectivity index (χ4n) is 4.32. The monoisotopic (exact) mass is 673 g/mol. The molecule has 0 radical (unpaired) electrons. The van der Waals surface area contributed by atoms with Crippen molar-refractivity contribution in [3.8, 4) is 0 Å². The van der Waals surface area contributed by atoms with E-state index in [9.17, 15) is 24.0 Å². The number of halogens is 1. The lowest BCUT2D eigenvalue weighted by Crippen LogP contribution is -2.53. The van der Waals surface area contributed by atoms with Gasteiger partial charge in [-0.3, -0.25) is 28.9 Å². The zero-order chi connectivity index (χ0) is 33.7. The minimum absolute atomic E-state index is 0.0858. The lowest BCUT2D eigenvalue weighted by molar-refractivity contribution is -0.179. The van der Waals surface area contributed by atoms with Crippen LogP contribution in [-0.2, 0) is 42.9 Å². The number of hydrogen-bond donors (Lipinski definition) is 0. The van der Waals surface area contributed by atoms with Gasteiger partial charge in [-0.05, 0) is 81.1 Å². The molecule has 1 aliphatic rings. The number of carbonyl (C=O) groups is 5. The van der Waals surface area contributed by atoms with E-state index >= 15 is 0 Å². The molecule has 0 fully saturated rings. The third-order valence-electron chi connectivity index (χ3n) is 8.39. The molecule has 0 bridgehead atoms. The highest BCUT2D eigenvalue weighted by atomic mass is 79.9. The summed E-state index contributed by atoms with van der Waals surface area (Å²) < 4.78 is 21.8. The van der Waals surface area contributed by atoms with Crippen molar-refractivity contribution in [2.45, 2.75) is 118 Å². The molecular formula is C32H52BrNO9. The predicted molar refractivity (Wildman–Crippen MR) is 166 cm³/mol. The Labute approximate surface area is 265 Å². The SMILES string of the molecule is CC(C)(C)OCCC(C)(C)OC(=O)C(C)(CC(C)(C)C(C)(C)C(=O)OCCOC(=O)CCN1C(=O)C=CC1=O)C(C)(C)Br. The van der Waals surface area contributed by atoms with Crippen molar-refractivity contribution in [1.29, 1.82) is 0 Å². The van der Waals surface area contributed by atoms with Gasteiger partial charge in [0.25, 0.3) is 11.8 Å². The molecule has 11 heteroatoms. The topological polar surface area (TPSA) is 126 Å². The van der Waals surface area contributed by atoms with E-state index < -0.39 is 49.9 Å². The second kappa shape index (κ2) is 14.2. The smallest absolute Gasteiger partial charge is 0.313 e. The first-order valence-corrected chi connectivity index (χ1v) is 15.5. The van der Waals surface area contributed by atoms with Crippen molar-refractivity contribution in [3.63, 3.8) is 0 Å². The Balaban J connectivity index is 2.81. The van der Waals surface area contributed by atoms with Gasteiger partial charge in [-0.15, -0.1) is 0 Å². The van der Waals surface area contributed by atoms with Crippen molar-refractivity contribution in [1.82, 2.24) is 4.90 Å². The van der Waals surface area contributed by atoms with Gasteiger partial charge in [0.1, 0.15) is 18.8 Å². The molecule has 0 saturated carbocycles. The summed E-state index contributed by atoms with van der Waals surface area (Å²) in [5.41, 5.74) is -3.86. The average Bonchev–Trinajstić information content (AvgIpc) is 3.14. The van der Waals surface area contributed by atoms with E-state index in [4.69, 9.17) is 18.9 Å². The molecule has 10 nitrogen and oxygen atoms in total. The van der Waals surface area contributed by atoms with Crippen molar-refractivity contribution in [2.75, 3.05) is 26.4 Å². The van der Waals surface area contributed by atoms with Gasteiger partial charge < -0.3 is 18.9 Å². The Morgan fingerprint density at radius 3 is 1.77 bits per heavy atom. The Morgan fingerprint density at radius 2 is 1.28 bits per heavy atom. The van der Waals surface area contributed by atoms with Crippen LogP contribution in [0.2, 0.25) is 0 Å². The highest BCUT2D eigenvalue weighted by Gasteiger charge is 2.56. The number of carbonyl (C=O) groups excluding carboxylic acids is 5. The van der Waals surface area contributed by atoms with Gasteiger partial charge in [0.2, 0.25) is 0 Å². The quantitative estimate of drug-likeness (QED) is 0.0683. The van der Waals surface area contributed by atoms with Crippen LogP contribution in [0.3, 0.4) is 0 Å². The van der Waals surface area contributed by atoms with Crippen LogP contribution in [0.25, 0.3) is 0 Å². The van der Waals surface area contributed by atoms with Crippen LogP contribution in [-0.4, -0.2) is 76.5 Å². The Morgan fingerprint density at radius 1 is 0.767 bits per heavy atom. The van der Waals surface area contributed by atoms with Crippen LogP contribution in [0, 0.1) is 16.2 Å². The molecule has 1 rings (SSSR count).